The molecule has 28 heavy (non-hydrogen) atoms. The van der Waals surface area contributed by atoms with Gasteiger partial charge in [-0.05, 0) is 37.3 Å². The zero-order chi connectivity index (χ0) is 19.8. The van der Waals surface area contributed by atoms with Crippen LogP contribution in [0.25, 0.3) is 11.3 Å². The second-order valence-electron chi connectivity index (χ2n) is 6.88. The fourth-order valence-corrected chi connectivity index (χ4v) is 5.12. The van der Waals surface area contributed by atoms with Crippen molar-refractivity contribution in [3.63, 3.8) is 0 Å². The average Bonchev–Trinajstić information content (AvgIpc) is 3.43. The van der Waals surface area contributed by atoms with Crippen molar-refractivity contribution >= 4 is 34.2 Å². The Morgan fingerprint density at radius 2 is 2.04 bits per heavy atom. The summed E-state index contributed by atoms with van der Waals surface area (Å²) >= 11 is 1.19. The number of nitrogens with one attached hydrogen (secondary N) is 1. The normalized spacial score (nSPS) is 25.0. The number of allylic oxidation sites excluding steroid dienone is 2. The van der Waals surface area contributed by atoms with E-state index in [1.54, 1.807) is 24.4 Å². The molecule has 2 aromatic heterocycles. The highest BCUT2D eigenvalue weighted by atomic mass is 32.1. The molecule has 2 heterocycles. The minimum absolute atomic E-state index is 0.0957. The Morgan fingerprint density at radius 1 is 1.29 bits per heavy atom. The molecule has 0 aliphatic heterocycles. The van der Waals surface area contributed by atoms with E-state index in [1.165, 1.54) is 17.6 Å². The third kappa shape index (κ3) is 3.03. The van der Waals surface area contributed by atoms with Crippen molar-refractivity contribution in [2.75, 3.05) is 11.9 Å². The molecule has 4 rings (SSSR count). The Morgan fingerprint density at radius 3 is 2.68 bits per heavy atom. The maximum atomic E-state index is 13.0. The van der Waals surface area contributed by atoms with Gasteiger partial charge in [0.1, 0.15) is 16.3 Å². The number of carboxylic acid groups (broad SMARTS) is 1. The number of hydrogen-bond donors (Lipinski definition) is 2. The van der Waals surface area contributed by atoms with Gasteiger partial charge in [-0.3, -0.25) is 9.59 Å². The number of carbonyl (C=O) groups is 3. The number of ether oxygens (including phenoxy) is 1. The largest absolute Gasteiger partial charge is 0.481 e. The molecule has 2 aromatic rings. The van der Waals surface area contributed by atoms with Crippen LogP contribution in [0, 0.1) is 23.7 Å². The summed E-state index contributed by atoms with van der Waals surface area (Å²) in [6, 6.07) is 3.43. The van der Waals surface area contributed by atoms with Gasteiger partial charge in [0.05, 0.1) is 24.7 Å². The van der Waals surface area contributed by atoms with Gasteiger partial charge < -0.3 is 19.6 Å². The fraction of sp³-hybridized carbons (Fsp3) is 0.350. The zero-order valence-electron chi connectivity index (χ0n) is 15.1. The minimum atomic E-state index is -0.968. The number of rotatable bonds is 6. The van der Waals surface area contributed by atoms with Crippen molar-refractivity contribution in [3.05, 3.63) is 41.5 Å². The number of carbonyl (C=O) groups excluding carboxylic acids is 2. The molecule has 0 aromatic carbocycles. The molecule has 2 aliphatic carbocycles. The molecule has 0 unspecified atom stereocenters. The molecule has 146 valence electrons. The maximum absolute atomic E-state index is 13.0. The summed E-state index contributed by atoms with van der Waals surface area (Å²) in [6.45, 7) is 1.89. The zero-order valence-corrected chi connectivity index (χ0v) is 15.9. The van der Waals surface area contributed by atoms with E-state index in [-0.39, 0.29) is 29.9 Å². The van der Waals surface area contributed by atoms with Crippen LogP contribution in [0.4, 0.5) is 5.00 Å². The Kier molecular flexibility index (Phi) is 4.80. The van der Waals surface area contributed by atoms with Crippen molar-refractivity contribution in [3.8, 4) is 11.3 Å². The topological polar surface area (TPSA) is 106 Å². The number of fused-ring (bicyclic) bond motifs is 2. The average molecular weight is 401 g/mol. The van der Waals surface area contributed by atoms with Gasteiger partial charge in [-0.25, -0.2) is 4.79 Å². The number of thiophene rings is 1. The van der Waals surface area contributed by atoms with E-state index in [0.29, 0.717) is 22.7 Å². The Hall–Kier alpha value is -2.87. The molecule has 0 radical (unpaired) electrons. The summed E-state index contributed by atoms with van der Waals surface area (Å²) in [5.41, 5.74) is 0.757. The van der Waals surface area contributed by atoms with E-state index in [4.69, 9.17) is 9.15 Å². The van der Waals surface area contributed by atoms with Crippen LogP contribution in [0.1, 0.15) is 23.7 Å². The number of carboxylic acids is 1. The molecule has 2 N–H and O–H groups in total. The van der Waals surface area contributed by atoms with Crippen LogP contribution in [0.15, 0.2) is 40.3 Å². The number of esters is 1. The number of aliphatic carboxylic acids is 1. The summed E-state index contributed by atoms with van der Waals surface area (Å²) in [5.74, 6) is -3.04. The van der Waals surface area contributed by atoms with Crippen LogP contribution >= 0.6 is 11.3 Å². The lowest BCUT2D eigenvalue weighted by Crippen LogP contribution is -2.36. The number of furan rings is 1. The smallest absolute Gasteiger partial charge is 0.341 e. The molecule has 8 heteroatoms. The predicted octanol–water partition coefficient (Wildman–Crippen LogP) is 3.65. The summed E-state index contributed by atoms with van der Waals surface area (Å²) in [7, 11) is 0. The van der Waals surface area contributed by atoms with Gasteiger partial charge >= 0.3 is 11.9 Å². The second kappa shape index (κ2) is 7.27. The quantitative estimate of drug-likeness (QED) is 0.565. The summed E-state index contributed by atoms with van der Waals surface area (Å²) in [5, 5.41) is 14.4. The van der Waals surface area contributed by atoms with Crippen molar-refractivity contribution in [1.82, 2.24) is 0 Å². The first-order valence-electron chi connectivity index (χ1n) is 9.05. The molecule has 1 amide bonds. The number of amides is 1. The third-order valence-electron chi connectivity index (χ3n) is 5.34. The van der Waals surface area contributed by atoms with Crippen LogP contribution in [0.5, 0.6) is 0 Å². The molecule has 2 bridgehead atoms. The van der Waals surface area contributed by atoms with Crippen LogP contribution in [-0.2, 0) is 14.3 Å². The maximum Gasteiger partial charge on any atom is 0.341 e. The highest BCUT2D eigenvalue weighted by Gasteiger charge is 2.51. The van der Waals surface area contributed by atoms with Gasteiger partial charge in [-0.1, -0.05) is 12.2 Å². The van der Waals surface area contributed by atoms with Crippen LogP contribution in [0.2, 0.25) is 0 Å². The Bertz CT molecular complexity index is 944. The molecule has 1 saturated carbocycles. The monoisotopic (exact) mass is 401 g/mol. The first-order valence-corrected chi connectivity index (χ1v) is 9.93. The van der Waals surface area contributed by atoms with Crippen LogP contribution < -0.4 is 5.32 Å². The minimum Gasteiger partial charge on any atom is -0.481 e. The van der Waals surface area contributed by atoms with E-state index in [0.717, 1.165) is 0 Å². The molecular formula is C20H19NO6S. The Labute approximate surface area is 165 Å². The van der Waals surface area contributed by atoms with Gasteiger partial charge in [0.25, 0.3) is 0 Å². The molecule has 0 saturated heterocycles. The fourth-order valence-electron chi connectivity index (χ4n) is 4.18. The van der Waals surface area contributed by atoms with Gasteiger partial charge in [-0.15, -0.1) is 11.3 Å². The highest BCUT2D eigenvalue weighted by molar-refractivity contribution is 7.15. The lowest BCUT2D eigenvalue weighted by molar-refractivity contribution is -0.146. The summed E-state index contributed by atoms with van der Waals surface area (Å²) in [6.07, 6.45) is 5.97. The first kappa shape index (κ1) is 18.5. The number of hydrogen-bond acceptors (Lipinski definition) is 6. The molecule has 4 atom stereocenters. The highest BCUT2D eigenvalue weighted by Crippen LogP contribution is 2.49. The molecule has 0 spiro atoms. The van der Waals surface area contributed by atoms with Crippen molar-refractivity contribution in [1.29, 1.82) is 0 Å². The van der Waals surface area contributed by atoms with Crippen molar-refractivity contribution in [2.24, 2.45) is 23.7 Å². The number of anilines is 1. The summed E-state index contributed by atoms with van der Waals surface area (Å²) < 4.78 is 10.5. The van der Waals surface area contributed by atoms with Crippen LogP contribution in [-0.4, -0.2) is 29.6 Å². The molecule has 7 nitrogen and oxygen atoms in total. The van der Waals surface area contributed by atoms with E-state index >= 15 is 0 Å². The molecule has 2 aliphatic rings. The van der Waals surface area contributed by atoms with E-state index in [9.17, 15) is 19.5 Å². The molecule has 1 fully saturated rings. The van der Waals surface area contributed by atoms with Gasteiger partial charge in [0.15, 0.2) is 0 Å². The predicted molar refractivity (Wildman–Crippen MR) is 102 cm³/mol. The first-order chi connectivity index (χ1) is 13.5. The SMILES string of the molecule is CCOC(=O)c1c(-c2ccco2)csc1NC(=O)[C@@H]1[C@@H](C(=O)O)[C@H]2C=C[C@H]1C2. The Balaban J connectivity index is 1.64. The van der Waals surface area contributed by atoms with Crippen molar-refractivity contribution in [2.45, 2.75) is 13.3 Å². The van der Waals surface area contributed by atoms with E-state index < -0.39 is 23.8 Å². The standard InChI is InChI=1S/C20H19NO6S/c1-2-26-20(25)16-12(13-4-3-7-27-13)9-28-18(16)21-17(22)14-10-5-6-11(8-10)15(14)19(23)24/h3-7,9-11,14-15H,2,8H2,1H3,(H,21,22)(H,23,24)/t10-,11-,14-,15-/m0/s1. The summed E-state index contributed by atoms with van der Waals surface area (Å²) in [4.78, 5) is 37.2. The van der Waals surface area contributed by atoms with Gasteiger partial charge in [-0.2, -0.15) is 0 Å². The molecular weight excluding hydrogens is 382 g/mol. The lowest BCUT2D eigenvalue weighted by atomic mass is 9.82. The van der Waals surface area contributed by atoms with Crippen molar-refractivity contribution < 1.29 is 28.6 Å². The van der Waals surface area contributed by atoms with Gasteiger partial charge in [0, 0.05) is 10.9 Å². The van der Waals surface area contributed by atoms with Gasteiger partial charge in [0.2, 0.25) is 5.91 Å². The van der Waals surface area contributed by atoms with E-state index in [1.807, 2.05) is 12.2 Å². The van der Waals surface area contributed by atoms with E-state index in [2.05, 4.69) is 5.32 Å². The van der Waals surface area contributed by atoms with Crippen LogP contribution in [0.3, 0.4) is 0 Å². The lowest BCUT2D eigenvalue weighted by Gasteiger charge is -2.23. The third-order valence-corrected chi connectivity index (χ3v) is 6.24. The second-order valence-corrected chi connectivity index (χ2v) is 7.76.